The summed E-state index contributed by atoms with van der Waals surface area (Å²) in [5, 5.41) is 20.5. The van der Waals surface area contributed by atoms with Gasteiger partial charge in [-0.2, -0.15) is 0 Å². The number of aryl methyl sites for hydroxylation is 2. The van der Waals surface area contributed by atoms with E-state index in [0.29, 0.717) is 11.3 Å². The number of benzene rings is 1. The molecule has 0 heterocycles. The van der Waals surface area contributed by atoms with Gasteiger partial charge in [-0.05, 0) is 37.1 Å². The van der Waals surface area contributed by atoms with E-state index in [4.69, 9.17) is 14.9 Å². The number of ketones is 1. The van der Waals surface area contributed by atoms with Gasteiger partial charge in [-0.1, -0.05) is 0 Å². The minimum Gasteiger partial charge on any atom is -0.496 e. The van der Waals surface area contributed by atoms with Crippen molar-refractivity contribution in [3.63, 3.8) is 0 Å². The first kappa shape index (κ1) is 17.1. The zero-order valence-corrected chi connectivity index (χ0v) is 12.5. The van der Waals surface area contributed by atoms with Gasteiger partial charge in [0.05, 0.1) is 26.2 Å². The summed E-state index contributed by atoms with van der Waals surface area (Å²) in [4.78, 5) is 23.4. The summed E-state index contributed by atoms with van der Waals surface area (Å²) in [5.41, 5.74) is 2.00. The number of carboxylic acid groups (broad SMARTS) is 1. The maximum atomic E-state index is 12.5. The van der Waals surface area contributed by atoms with Gasteiger partial charge < -0.3 is 20.3 Å². The van der Waals surface area contributed by atoms with E-state index in [1.165, 1.54) is 0 Å². The van der Waals surface area contributed by atoms with Gasteiger partial charge in [0.1, 0.15) is 5.75 Å². The van der Waals surface area contributed by atoms with E-state index in [1.807, 2.05) is 6.92 Å². The van der Waals surface area contributed by atoms with Crippen LogP contribution in [0.1, 0.15) is 27.9 Å². The second-order valence-corrected chi connectivity index (χ2v) is 4.83. The molecule has 0 aromatic heterocycles. The molecule has 0 saturated heterocycles. The van der Waals surface area contributed by atoms with Gasteiger partial charge in [0, 0.05) is 12.1 Å². The van der Waals surface area contributed by atoms with Crippen molar-refractivity contribution in [3.8, 4) is 5.75 Å². The molecule has 1 unspecified atom stereocenters. The molecule has 0 aliphatic heterocycles. The second kappa shape index (κ2) is 7.75. The lowest BCUT2D eigenvalue weighted by Gasteiger charge is -2.17. The third kappa shape index (κ3) is 4.54. The number of carbonyl (C=O) groups excluding carboxylic acids is 1. The molecule has 6 heteroatoms. The Morgan fingerprint density at radius 1 is 1.29 bits per heavy atom. The van der Waals surface area contributed by atoms with Gasteiger partial charge in [-0.15, -0.1) is 0 Å². The molecule has 1 rings (SSSR count). The molecule has 1 aromatic rings. The summed E-state index contributed by atoms with van der Waals surface area (Å²) in [5.74, 6) is -0.682. The third-order valence-corrected chi connectivity index (χ3v) is 3.21. The molecule has 1 atom stereocenters. The predicted molar refractivity (Wildman–Crippen MR) is 77.9 cm³/mol. The van der Waals surface area contributed by atoms with E-state index in [-0.39, 0.29) is 25.4 Å². The fourth-order valence-electron chi connectivity index (χ4n) is 2.13. The van der Waals surface area contributed by atoms with E-state index in [2.05, 4.69) is 5.32 Å². The first-order valence-electron chi connectivity index (χ1n) is 6.66. The van der Waals surface area contributed by atoms with Crippen molar-refractivity contribution < 1.29 is 24.5 Å². The number of carbonyl (C=O) groups is 2. The van der Waals surface area contributed by atoms with E-state index in [0.717, 1.165) is 11.1 Å². The largest absolute Gasteiger partial charge is 0.496 e. The minimum atomic E-state index is -1.07. The number of aliphatic hydroxyl groups is 1. The first-order valence-corrected chi connectivity index (χ1v) is 6.66. The van der Waals surface area contributed by atoms with Crippen molar-refractivity contribution in [2.75, 3.05) is 20.3 Å². The highest BCUT2D eigenvalue weighted by atomic mass is 16.5. The molecule has 116 valence electrons. The zero-order valence-electron chi connectivity index (χ0n) is 12.5. The van der Waals surface area contributed by atoms with Crippen LogP contribution in [0.25, 0.3) is 0 Å². The van der Waals surface area contributed by atoms with Crippen LogP contribution in [0.2, 0.25) is 0 Å². The van der Waals surface area contributed by atoms with Crippen LogP contribution in [-0.2, 0) is 4.79 Å². The molecule has 21 heavy (non-hydrogen) atoms. The molecule has 0 spiro atoms. The highest BCUT2D eigenvalue weighted by Gasteiger charge is 2.24. The van der Waals surface area contributed by atoms with Crippen LogP contribution in [0.5, 0.6) is 5.75 Å². The molecule has 0 saturated carbocycles. The Hall–Kier alpha value is -1.92. The van der Waals surface area contributed by atoms with Gasteiger partial charge in [-0.3, -0.25) is 9.59 Å². The van der Waals surface area contributed by atoms with Crippen LogP contribution >= 0.6 is 0 Å². The van der Waals surface area contributed by atoms with E-state index < -0.39 is 12.0 Å². The van der Waals surface area contributed by atoms with Gasteiger partial charge in [0.15, 0.2) is 5.78 Å². The highest BCUT2D eigenvalue weighted by molar-refractivity contribution is 6.03. The van der Waals surface area contributed by atoms with Crippen molar-refractivity contribution in [2.45, 2.75) is 26.3 Å². The van der Waals surface area contributed by atoms with Crippen molar-refractivity contribution in [1.29, 1.82) is 0 Å². The van der Waals surface area contributed by atoms with Crippen LogP contribution in [-0.4, -0.2) is 48.3 Å². The van der Waals surface area contributed by atoms with Crippen LogP contribution in [0.3, 0.4) is 0 Å². The van der Waals surface area contributed by atoms with Crippen molar-refractivity contribution >= 4 is 11.8 Å². The van der Waals surface area contributed by atoms with Gasteiger partial charge >= 0.3 is 5.97 Å². The van der Waals surface area contributed by atoms with Gasteiger partial charge in [-0.25, -0.2) is 0 Å². The normalized spacial score (nSPS) is 12.0. The molecule has 0 bridgehead atoms. The molecule has 6 nitrogen and oxygen atoms in total. The number of carboxylic acids is 1. The average molecular weight is 295 g/mol. The Bertz CT molecular complexity index is 527. The monoisotopic (exact) mass is 295 g/mol. The Morgan fingerprint density at radius 2 is 1.95 bits per heavy atom. The van der Waals surface area contributed by atoms with Crippen LogP contribution in [0.4, 0.5) is 0 Å². The number of aliphatic carboxylic acids is 1. The molecule has 0 radical (unpaired) electrons. The molecule has 0 aliphatic carbocycles. The summed E-state index contributed by atoms with van der Waals surface area (Å²) < 4.78 is 5.20. The fraction of sp³-hybridized carbons (Fsp3) is 0.467. The number of rotatable bonds is 8. The molecule has 3 N–H and O–H groups in total. The molecule has 0 amide bonds. The summed E-state index contributed by atoms with van der Waals surface area (Å²) in [6, 6.07) is 2.60. The first-order chi connectivity index (χ1) is 9.90. The van der Waals surface area contributed by atoms with Crippen LogP contribution in [0, 0.1) is 13.8 Å². The lowest BCUT2D eigenvalue weighted by Crippen LogP contribution is -2.40. The van der Waals surface area contributed by atoms with Crippen LogP contribution < -0.4 is 10.1 Å². The number of hydrogen-bond donors (Lipinski definition) is 3. The molecule has 0 aliphatic rings. The maximum absolute atomic E-state index is 12.5. The molecular formula is C15H21NO5. The summed E-state index contributed by atoms with van der Waals surface area (Å²) >= 11 is 0. The predicted octanol–water partition coefficient (Wildman–Crippen LogP) is 0.920. The Balaban J connectivity index is 3.07. The number of nitrogens with one attached hydrogen (secondary N) is 1. The van der Waals surface area contributed by atoms with Crippen molar-refractivity contribution in [2.24, 2.45) is 0 Å². The molecule has 1 aromatic carbocycles. The van der Waals surface area contributed by atoms with Crippen molar-refractivity contribution in [1.82, 2.24) is 5.32 Å². The van der Waals surface area contributed by atoms with Crippen LogP contribution in [0.15, 0.2) is 12.1 Å². The number of aliphatic hydroxyl groups excluding tert-OH is 1. The van der Waals surface area contributed by atoms with E-state index in [1.54, 1.807) is 26.2 Å². The quantitative estimate of drug-likeness (QED) is 0.617. The lowest BCUT2D eigenvalue weighted by molar-refractivity contribution is -0.137. The fourth-order valence-corrected chi connectivity index (χ4v) is 2.13. The van der Waals surface area contributed by atoms with Gasteiger partial charge in [0.2, 0.25) is 0 Å². The maximum Gasteiger partial charge on any atom is 0.305 e. The minimum absolute atomic E-state index is 0.163. The van der Waals surface area contributed by atoms with Crippen molar-refractivity contribution in [3.05, 3.63) is 28.8 Å². The number of ether oxygens (including phenoxy) is 1. The Morgan fingerprint density at radius 3 is 2.48 bits per heavy atom. The SMILES string of the molecule is COc1cc(C)c(C(=O)C(CC(=O)O)NCCO)cc1C. The zero-order chi connectivity index (χ0) is 16.0. The second-order valence-electron chi connectivity index (χ2n) is 4.83. The van der Waals surface area contributed by atoms with E-state index >= 15 is 0 Å². The standard InChI is InChI=1S/C15H21NO5/c1-9-7-13(21-3)10(2)6-11(9)15(20)12(8-14(18)19)16-4-5-17/h6-7,12,16-17H,4-5,8H2,1-3H3,(H,18,19). The number of hydrogen-bond acceptors (Lipinski definition) is 5. The number of methoxy groups -OCH3 is 1. The Kier molecular flexibility index (Phi) is 6.33. The smallest absolute Gasteiger partial charge is 0.305 e. The third-order valence-electron chi connectivity index (χ3n) is 3.21. The summed E-state index contributed by atoms with van der Waals surface area (Å²) in [6.45, 7) is 3.60. The average Bonchev–Trinajstić information content (AvgIpc) is 2.44. The van der Waals surface area contributed by atoms with E-state index in [9.17, 15) is 9.59 Å². The summed E-state index contributed by atoms with van der Waals surface area (Å²) in [7, 11) is 1.55. The Labute approximate surface area is 123 Å². The molecule has 0 fully saturated rings. The van der Waals surface area contributed by atoms with Gasteiger partial charge in [0.25, 0.3) is 0 Å². The lowest BCUT2D eigenvalue weighted by atomic mass is 9.95. The topological polar surface area (TPSA) is 95.9 Å². The molecular weight excluding hydrogens is 274 g/mol. The number of Topliss-reactive ketones (excluding diaryl/α,β-unsaturated/α-hetero) is 1. The summed E-state index contributed by atoms with van der Waals surface area (Å²) in [6.07, 6.45) is -0.330. The highest BCUT2D eigenvalue weighted by Crippen LogP contribution is 2.23.